The fourth-order valence-electron chi connectivity index (χ4n) is 5.27. The zero-order chi connectivity index (χ0) is 30.6. The fraction of sp³-hybridized carbons (Fsp3) is 0.242. The van der Waals surface area contributed by atoms with Gasteiger partial charge in [-0.25, -0.2) is 4.39 Å². The first-order valence-electron chi connectivity index (χ1n) is 13.6. The minimum Gasteiger partial charge on any atom is -0.507 e. The number of amides is 1. The SMILES string of the molecule is C=CC(=O)N1CCN(/C(=C(\C#N)C=O)c2cc(Cl)c(-c3cc(F)ccc3O)cc2Nc2ccccc2C(C)C)[C@@H](C)C1. The van der Waals surface area contributed by atoms with Crippen LogP contribution in [0.5, 0.6) is 5.75 Å². The second kappa shape index (κ2) is 12.9. The first-order chi connectivity index (χ1) is 20.1. The van der Waals surface area contributed by atoms with Crippen LogP contribution in [-0.2, 0) is 9.59 Å². The number of nitriles is 1. The Hall–Kier alpha value is -4.61. The van der Waals surface area contributed by atoms with Gasteiger partial charge in [-0.1, -0.05) is 50.2 Å². The van der Waals surface area contributed by atoms with Crippen LogP contribution in [0.3, 0.4) is 0 Å². The van der Waals surface area contributed by atoms with Gasteiger partial charge in [-0.05, 0) is 60.9 Å². The molecular formula is C33H32ClFN4O3. The maximum atomic E-state index is 14.3. The van der Waals surface area contributed by atoms with E-state index >= 15 is 0 Å². The van der Waals surface area contributed by atoms with E-state index in [1.54, 1.807) is 17.0 Å². The van der Waals surface area contributed by atoms with Gasteiger partial charge in [0.2, 0.25) is 5.91 Å². The number of hydrogen-bond acceptors (Lipinski definition) is 6. The number of allylic oxidation sites excluding steroid dienone is 1. The first-order valence-corrected chi connectivity index (χ1v) is 13.9. The Kier molecular flexibility index (Phi) is 9.34. The number of nitrogens with one attached hydrogen (secondary N) is 1. The van der Waals surface area contributed by atoms with Crippen molar-refractivity contribution >= 4 is 40.9 Å². The summed E-state index contributed by atoms with van der Waals surface area (Å²) in [4.78, 5) is 28.2. The topological polar surface area (TPSA) is 96.7 Å². The number of nitrogens with zero attached hydrogens (tertiary/aromatic N) is 3. The number of halogens is 2. The third-order valence-corrected chi connectivity index (χ3v) is 7.67. The van der Waals surface area contributed by atoms with Gasteiger partial charge in [-0.2, -0.15) is 5.26 Å². The van der Waals surface area contributed by atoms with Gasteiger partial charge in [-0.15, -0.1) is 0 Å². The molecular weight excluding hydrogens is 555 g/mol. The summed E-state index contributed by atoms with van der Waals surface area (Å²) in [5.41, 5.74) is 3.59. The largest absolute Gasteiger partial charge is 0.507 e. The number of piperazine rings is 1. The molecule has 0 aromatic heterocycles. The molecule has 0 bridgehead atoms. The lowest BCUT2D eigenvalue weighted by molar-refractivity contribution is -0.128. The van der Waals surface area contributed by atoms with E-state index in [-0.39, 0.29) is 39.8 Å². The van der Waals surface area contributed by atoms with E-state index in [4.69, 9.17) is 11.6 Å². The number of phenols is 1. The van der Waals surface area contributed by atoms with E-state index in [1.807, 2.05) is 42.2 Å². The van der Waals surface area contributed by atoms with E-state index in [0.29, 0.717) is 48.4 Å². The van der Waals surface area contributed by atoms with Crippen LogP contribution in [-0.4, -0.2) is 52.8 Å². The standard InChI is InChI=1S/C33H32ClFN4O3/c1-5-32(42)38-12-13-39(21(4)18-38)33(22(17-36)19-40)27-15-28(34)25(26-14-23(35)10-11-31(26)41)16-30(27)37-29-9-7-6-8-24(29)20(2)3/h5-11,14-16,19-21,37,41H,1,12-13,18H2,2-4H3/b33-22+/t21-/m0/s1. The van der Waals surface area contributed by atoms with Gasteiger partial charge >= 0.3 is 0 Å². The number of anilines is 2. The Morgan fingerprint density at radius 2 is 1.90 bits per heavy atom. The molecule has 1 aliphatic rings. The molecule has 1 atom stereocenters. The summed E-state index contributed by atoms with van der Waals surface area (Å²) >= 11 is 6.80. The zero-order valence-corrected chi connectivity index (χ0v) is 24.5. The lowest BCUT2D eigenvalue weighted by atomic mass is 9.95. The summed E-state index contributed by atoms with van der Waals surface area (Å²) in [6.07, 6.45) is 1.77. The van der Waals surface area contributed by atoms with Crippen molar-refractivity contribution in [2.24, 2.45) is 0 Å². The number of hydrogen-bond donors (Lipinski definition) is 2. The third kappa shape index (κ3) is 6.17. The number of phenolic OH excluding ortho intramolecular Hbond substituents is 1. The van der Waals surface area contributed by atoms with Crippen LogP contribution in [0.4, 0.5) is 15.8 Å². The van der Waals surface area contributed by atoms with Gasteiger partial charge in [0.15, 0.2) is 6.29 Å². The Labute approximate surface area is 250 Å². The van der Waals surface area contributed by atoms with Gasteiger partial charge < -0.3 is 20.2 Å². The molecule has 3 aromatic rings. The lowest BCUT2D eigenvalue weighted by Gasteiger charge is -2.42. The molecule has 1 saturated heterocycles. The monoisotopic (exact) mass is 586 g/mol. The summed E-state index contributed by atoms with van der Waals surface area (Å²) in [6, 6.07) is 16.4. The Balaban J connectivity index is 1.96. The second-order valence-electron chi connectivity index (χ2n) is 10.4. The van der Waals surface area contributed by atoms with Crippen LogP contribution in [0.2, 0.25) is 5.02 Å². The molecule has 0 radical (unpaired) electrons. The third-order valence-electron chi connectivity index (χ3n) is 7.36. The number of aldehydes is 1. The number of aromatic hydroxyl groups is 1. The highest BCUT2D eigenvalue weighted by Crippen LogP contribution is 2.43. The normalized spacial score (nSPS) is 15.6. The van der Waals surface area contributed by atoms with Crippen LogP contribution in [0.25, 0.3) is 16.8 Å². The molecule has 1 amide bonds. The molecule has 3 aromatic carbocycles. The molecule has 1 fully saturated rings. The number of rotatable bonds is 8. The van der Waals surface area contributed by atoms with Crippen LogP contribution < -0.4 is 5.32 Å². The summed E-state index contributed by atoms with van der Waals surface area (Å²) in [5, 5.41) is 24.3. The summed E-state index contributed by atoms with van der Waals surface area (Å²) in [5.74, 6) is -0.724. The highest BCUT2D eigenvalue weighted by molar-refractivity contribution is 6.34. The smallest absolute Gasteiger partial charge is 0.246 e. The predicted molar refractivity (Wildman–Crippen MR) is 164 cm³/mol. The first kappa shape index (κ1) is 30.4. The number of carbonyl (C=O) groups is 2. The average Bonchev–Trinajstić information content (AvgIpc) is 2.98. The summed E-state index contributed by atoms with van der Waals surface area (Å²) < 4.78 is 14.3. The second-order valence-corrected chi connectivity index (χ2v) is 10.8. The van der Waals surface area contributed by atoms with Crippen molar-refractivity contribution in [1.82, 2.24) is 9.80 Å². The highest BCUT2D eigenvalue weighted by Gasteiger charge is 2.31. The maximum Gasteiger partial charge on any atom is 0.246 e. The van der Waals surface area contributed by atoms with E-state index in [0.717, 1.165) is 17.3 Å². The molecule has 7 nitrogen and oxygen atoms in total. The van der Waals surface area contributed by atoms with E-state index in [2.05, 4.69) is 25.7 Å². The van der Waals surface area contributed by atoms with Crippen molar-refractivity contribution in [3.63, 3.8) is 0 Å². The van der Waals surface area contributed by atoms with Gasteiger partial charge in [-0.3, -0.25) is 9.59 Å². The molecule has 42 heavy (non-hydrogen) atoms. The minimum atomic E-state index is -0.545. The number of carbonyl (C=O) groups excluding carboxylic acids is 2. The van der Waals surface area contributed by atoms with Gasteiger partial charge in [0.1, 0.15) is 23.2 Å². The molecule has 1 heterocycles. The molecule has 4 rings (SSSR count). The molecule has 0 aliphatic carbocycles. The van der Waals surface area contributed by atoms with Crippen molar-refractivity contribution in [2.45, 2.75) is 32.7 Å². The van der Waals surface area contributed by atoms with Crippen LogP contribution in [0.15, 0.2) is 72.8 Å². The van der Waals surface area contributed by atoms with E-state index < -0.39 is 5.82 Å². The molecule has 9 heteroatoms. The van der Waals surface area contributed by atoms with Crippen LogP contribution in [0, 0.1) is 17.1 Å². The fourth-order valence-corrected chi connectivity index (χ4v) is 5.54. The molecule has 0 unspecified atom stereocenters. The van der Waals surface area contributed by atoms with Crippen molar-refractivity contribution in [1.29, 1.82) is 5.26 Å². The highest BCUT2D eigenvalue weighted by atomic mass is 35.5. The number of para-hydroxylation sites is 1. The quantitative estimate of drug-likeness (QED) is 0.170. The molecule has 1 aliphatic heterocycles. The van der Waals surface area contributed by atoms with Crippen molar-refractivity contribution in [3.05, 3.63) is 94.8 Å². The molecule has 0 spiro atoms. The van der Waals surface area contributed by atoms with Gasteiger partial charge in [0, 0.05) is 58.8 Å². The lowest BCUT2D eigenvalue weighted by Crippen LogP contribution is -2.52. The van der Waals surface area contributed by atoms with E-state index in [9.17, 15) is 24.3 Å². The van der Waals surface area contributed by atoms with Crippen molar-refractivity contribution < 1.29 is 19.1 Å². The summed E-state index contributed by atoms with van der Waals surface area (Å²) in [7, 11) is 0. The molecule has 216 valence electrons. The Bertz CT molecular complexity index is 1610. The Morgan fingerprint density at radius 1 is 1.17 bits per heavy atom. The zero-order valence-electron chi connectivity index (χ0n) is 23.7. The maximum absolute atomic E-state index is 14.3. The van der Waals surface area contributed by atoms with Gasteiger partial charge in [0.25, 0.3) is 0 Å². The minimum absolute atomic E-state index is 0.108. The Morgan fingerprint density at radius 3 is 2.55 bits per heavy atom. The molecule has 0 saturated carbocycles. The van der Waals surface area contributed by atoms with Crippen LogP contribution in [0.1, 0.15) is 37.8 Å². The van der Waals surface area contributed by atoms with Crippen LogP contribution >= 0.6 is 11.6 Å². The average molecular weight is 587 g/mol. The molecule has 2 N–H and O–H groups in total. The van der Waals surface area contributed by atoms with Gasteiger partial charge in [0.05, 0.1) is 5.70 Å². The predicted octanol–water partition coefficient (Wildman–Crippen LogP) is 6.87. The van der Waals surface area contributed by atoms with Crippen molar-refractivity contribution in [3.8, 4) is 22.9 Å². The van der Waals surface area contributed by atoms with Crippen molar-refractivity contribution in [2.75, 3.05) is 25.0 Å². The summed E-state index contributed by atoms with van der Waals surface area (Å²) in [6.45, 7) is 10.7. The van der Waals surface area contributed by atoms with E-state index in [1.165, 1.54) is 18.2 Å². The number of benzene rings is 3.